The van der Waals surface area contributed by atoms with Crippen molar-refractivity contribution in [3.8, 4) is 11.5 Å². The van der Waals surface area contributed by atoms with Crippen molar-refractivity contribution in [1.82, 2.24) is 15.0 Å². The highest BCUT2D eigenvalue weighted by Crippen LogP contribution is 2.27. The van der Waals surface area contributed by atoms with Crippen LogP contribution in [0.1, 0.15) is 18.3 Å². The van der Waals surface area contributed by atoms with Crippen LogP contribution < -0.4 is 20.5 Å². The van der Waals surface area contributed by atoms with E-state index in [4.69, 9.17) is 15.2 Å². The van der Waals surface area contributed by atoms with Gasteiger partial charge in [-0.2, -0.15) is 15.0 Å². The Morgan fingerprint density at radius 1 is 0.923 bits per heavy atom. The highest BCUT2D eigenvalue weighted by Gasteiger charge is 2.09. The Morgan fingerprint density at radius 2 is 1.62 bits per heavy atom. The summed E-state index contributed by atoms with van der Waals surface area (Å²) in [6.07, 6.45) is 0. The lowest BCUT2D eigenvalue weighted by Crippen LogP contribution is -2.10. The van der Waals surface area contributed by atoms with Crippen LogP contribution >= 0.6 is 0 Å². The first-order valence-corrected chi connectivity index (χ1v) is 8.33. The van der Waals surface area contributed by atoms with Crippen LogP contribution in [0.5, 0.6) is 11.5 Å². The molecule has 0 saturated carbocycles. The average Bonchev–Trinajstić information content (AvgIpc) is 2.63. The minimum absolute atomic E-state index is 0.132. The second-order valence-electron chi connectivity index (χ2n) is 5.54. The molecular formula is C19H21N5O2. The lowest BCUT2D eigenvalue weighted by Gasteiger charge is -2.12. The first-order chi connectivity index (χ1) is 12.7. The van der Waals surface area contributed by atoms with E-state index in [1.165, 1.54) is 0 Å². The number of aromatic nitrogens is 3. The van der Waals surface area contributed by atoms with E-state index in [9.17, 15) is 0 Å². The molecule has 0 aliphatic rings. The van der Waals surface area contributed by atoms with Gasteiger partial charge >= 0.3 is 0 Å². The van der Waals surface area contributed by atoms with Gasteiger partial charge in [-0.05, 0) is 37.6 Å². The molecule has 0 saturated heterocycles. The zero-order valence-corrected chi connectivity index (χ0v) is 14.8. The smallest absolute Gasteiger partial charge is 0.232 e. The molecule has 0 amide bonds. The second-order valence-corrected chi connectivity index (χ2v) is 5.54. The Kier molecular flexibility index (Phi) is 5.48. The third kappa shape index (κ3) is 4.38. The van der Waals surface area contributed by atoms with E-state index >= 15 is 0 Å². The summed E-state index contributed by atoms with van der Waals surface area (Å²) in [6.45, 7) is 4.64. The maximum atomic E-state index is 5.82. The molecular weight excluding hydrogens is 330 g/mol. The maximum Gasteiger partial charge on any atom is 0.232 e. The number of hydrogen-bond acceptors (Lipinski definition) is 7. The molecule has 134 valence electrons. The average molecular weight is 351 g/mol. The van der Waals surface area contributed by atoms with E-state index in [-0.39, 0.29) is 12.6 Å². The number of anilines is 3. The number of hydrogen-bond donors (Lipinski definition) is 2. The fourth-order valence-corrected chi connectivity index (χ4v) is 2.38. The third-order valence-electron chi connectivity index (χ3n) is 3.60. The summed E-state index contributed by atoms with van der Waals surface area (Å²) in [4.78, 5) is 12.7. The minimum Gasteiger partial charge on any atom is -0.490 e. The molecule has 3 rings (SSSR count). The SMILES string of the molecule is CCOc1ccccc1OCc1nc(N)nc(Nc2ccccc2C)n1. The van der Waals surface area contributed by atoms with Gasteiger partial charge in [-0.3, -0.25) is 0 Å². The van der Waals surface area contributed by atoms with Gasteiger partial charge in [0.2, 0.25) is 11.9 Å². The fraction of sp³-hybridized carbons (Fsp3) is 0.211. The normalized spacial score (nSPS) is 10.4. The molecule has 3 aromatic rings. The predicted molar refractivity (Wildman–Crippen MR) is 101 cm³/mol. The lowest BCUT2D eigenvalue weighted by atomic mass is 10.2. The van der Waals surface area contributed by atoms with Crippen LogP contribution in [-0.4, -0.2) is 21.6 Å². The van der Waals surface area contributed by atoms with Crippen LogP contribution in [0, 0.1) is 6.92 Å². The molecule has 0 aliphatic heterocycles. The number of para-hydroxylation sites is 3. The number of nitrogen functional groups attached to an aromatic ring is 1. The number of ether oxygens (including phenoxy) is 2. The number of rotatable bonds is 7. The van der Waals surface area contributed by atoms with Crippen molar-refractivity contribution in [2.75, 3.05) is 17.7 Å². The number of aryl methyl sites for hydroxylation is 1. The van der Waals surface area contributed by atoms with Crippen LogP contribution in [0.15, 0.2) is 48.5 Å². The molecule has 26 heavy (non-hydrogen) atoms. The quantitative estimate of drug-likeness (QED) is 0.673. The first-order valence-electron chi connectivity index (χ1n) is 8.33. The molecule has 0 radical (unpaired) electrons. The van der Waals surface area contributed by atoms with Gasteiger partial charge < -0.3 is 20.5 Å². The van der Waals surface area contributed by atoms with Crippen LogP contribution in [-0.2, 0) is 6.61 Å². The summed E-state index contributed by atoms with van der Waals surface area (Å²) in [5.41, 5.74) is 7.80. The van der Waals surface area contributed by atoms with Crippen LogP contribution in [0.4, 0.5) is 17.6 Å². The van der Waals surface area contributed by atoms with Crippen LogP contribution in [0.3, 0.4) is 0 Å². The summed E-state index contributed by atoms with van der Waals surface area (Å²) in [6, 6.07) is 15.3. The van der Waals surface area contributed by atoms with Crippen LogP contribution in [0.2, 0.25) is 0 Å². The molecule has 0 atom stereocenters. The number of nitrogens with zero attached hydrogens (tertiary/aromatic N) is 3. The molecule has 0 aliphatic carbocycles. The largest absolute Gasteiger partial charge is 0.490 e. The van der Waals surface area contributed by atoms with Crippen molar-refractivity contribution in [1.29, 1.82) is 0 Å². The summed E-state index contributed by atoms with van der Waals surface area (Å²) < 4.78 is 11.3. The van der Waals surface area contributed by atoms with Gasteiger partial charge in [0.05, 0.1) is 6.61 Å². The van der Waals surface area contributed by atoms with E-state index in [1.807, 2.05) is 62.4 Å². The Hall–Kier alpha value is -3.35. The van der Waals surface area contributed by atoms with Crippen molar-refractivity contribution in [2.24, 2.45) is 0 Å². The van der Waals surface area contributed by atoms with E-state index in [0.29, 0.717) is 29.9 Å². The first kappa shape index (κ1) is 17.5. The topological polar surface area (TPSA) is 95.2 Å². The van der Waals surface area contributed by atoms with Crippen molar-refractivity contribution >= 4 is 17.6 Å². The van der Waals surface area contributed by atoms with Crippen molar-refractivity contribution in [2.45, 2.75) is 20.5 Å². The fourth-order valence-electron chi connectivity index (χ4n) is 2.38. The molecule has 7 heteroatoms. The van der Waals surface area contributed by atoms with E-state index in [2.05, 4.69) is 20.3 Å². The standard InChI is InChI=1S/C19H21N5O2/c1-3-25-15-10-6-7-11-16(15)26-12-17-22-18(20)24-19(23-17)21-14-9-5-4-8-13(14)2/h4-11H,3,12H2,1-2H3,(H3,20,21,22,23,24). The number of benzene rings is 2. The van der Waals surface area contributed by atoms with Crippen molar-refractivity contribution in [3.05, 3.63) is 59.9 Å². The molecule has 2 aromatic carbocycles. The van der Waals surface area contributed by atoms with Gasteiger partial charge in [0, 0.05) is 5.69 Å². The van der Waals surface area contributed by atoms with Gasteiger partial charge in [0.25, 0.3) is 0 Å². The Morgan fingerprint density at radius 3 is 2.35 bits per heavy atom. The van der Waals surface area contributed by atoms with Gasteiger partial charge in [-0.25, -0.2) is 0 Å². The molecule has 0 fully saturated rings. The molecule has 3 N–H and O–H groups in total. The molecule has 1 heterocycles. The summed E-state index contributed by atoms with van der Waals surface area (Å²) in [5, 5.41) is 3.16. The summed E-state index contributed by atoms with van der Waals surface area (Å²) >= 11 is 0. The third-order valence-corrected chi connectivity index (χ3v) is 3.60. The highest BCUT2D eigenvalue weighted by molar-refractivity contribution is 5.58. The minimum atomic E-state index is 0.132. The van der Waals surface area contributed by atoms with Crippen molar-refractivity contribution in [3.63, 3.8) is 0 Å². The van der Waals surface area contributed by atoms with Gasteiger partial charge in [-0.1, -0.05) is 30.3 Å². The van der Waals surface area contributed by atoms with Crippen molar-refractivity contribution < 1.29 is 9.47 Å². The monoisotopic (exact) mass is 351 g/mol. The molecule has 1 aromatic heterocycles. The zero-order chi connectivity index (χ0) is 18.4. The highest BCUT2D eigenvalue weighted by atomic mass is 16.5. The van der Waals surface area contributed by atoms with Gasteiger partial charge in [0.1, 0.15) is 6.61 Å². The summed E-state index contributed by atoms with van der Waals surface area (Å²) in [7, 11) is 0. The van der Waals surface area contributed by atoms with E-state index in [0.717, 1.165) is 11.3 Å². The molecule has 0 bridgehead atoms. The summed E-state index contributed by atoms with van der Waals surface area (Å²) in [5.74, 6) is 2.24. The molecule has 7 nitrogen and oxygen atoms in total. The van der Waals surface area contributed by atoms with Gasteiger partial charge in [-0.15, -0.1) is 0 Å². The lowest BCUT2D eigenvalue weighted by molar-refractivity contribution is 0.263. The van der Waals surface area contributed by atoms with E-state index in [1.54, 1.807) is 0 Å². The Bertz CT molecular complexity index is 885. The van der Waals surface area contributed by atoms with E-state index < -0.39 is 0 Å². The zero-order valence-electron chi connectivity index (χ0n) is 14.8. The van der Waals surface area contributed by atoms with Gasteiger partial charge in [0.15, 0.2) is 17.3 Å². The molecule has 0 unspecified atom stereocenters. The number of nitrogens with one attached hydrogen (secondary N) is 1. The maximum absolute atomic E-state index is 5.82. The Balaban J connectivity index is 1.75. The predicted octanol–water partition coefficient (Wildman–Crippen LogP) is 3.48. The number of nitrogens with two attached hydrogens (primary N) is 1. The molecule has 0 spiro atoms. The van der Waals surface area contributed by atoms with Crippen LogP contribution in [0.25, 0.3) is 0 Å². The second kappa shape index (κ2) is 8.15. The Labute approximate surface area is 152 Å².